The minimum atomic E-state index is 0.275. The van der Waals surface area contributed by atoms with Gasteiger partial charge in [-0.2, -0.15) is 5.10 Å². The smallest absolute Gasteiger partial charge is 0.191 e. The molecule has 0 amide bonds. The van der Waals surface area contributed by atoms with E-state index in [2.05, 4.69) is 22.7 Å². The quantitative estimate of drug-likeness (QED) is 0.557. The molecule has 0 aliphatic carbocycles. The van der Waals surface area contributed by atoms with Crippen LogP contribution in [-0.2, 0) is 31.2 Å². The lowest BCUT2D eigenvalue weighted by Crippen LogP contribution is -2.41. The molecule has 3 rings (SSSR count). The standard InChI is InChI=1S/C19H29N5O2/c1-3-18-15(14-24(2)23-18)12-21-19(22-13-17-7-5-11-26-17)20-9-8-16-6-4-10-25-16/h4,6,10,14,17H,3,5,7-9,11-13H2,1-2H3,(H2,20,21,22). The van der Waals surface area contributed by atoms with E-state index in [0.29, 0.717) is 6.54 Å². The number of hydrogen-bond donors (Lipinski definition) is 2. The zero-order valence-corrected chi connectivity index (χ0v) is 15.7. The van der Waals surface area contributed by atoms with E-state index in [4.69, 9.17) is 14.1 Å². The first-order valence-electron chi connectivity index (χ1n) is 9.42. The van der Waals surface area contributed by atoms with E-state index < -0.39 is 0 Å². The highest BCUT2D eigenvalue weighted by molar-refractivity contribution is 5.79. The van der Waals surface area contributed by atoms with Gasteiger partial charge in [-0.15, -0.1) is 0 Å². The minimum Gasteiger partial charge on any atom is -0.469 e. The predicted molar refractivity (Wildman–Crippen MR) is 101 cm³/mol. The molecule has 0 bridgehead atoms. The molecule has 0 saturated carbocycles. The van der Waals surface area contributed by atoms with Crippen molar-refractivity contribution in [2.45, 2.75) is 45.3 Å². The molecular weight excluding hydrogens is 330 g/mol. The first-order valence-corrected chi connectivity index (χ1v) is 9.42. The lowest BCUT2D eigenvalue weighted by Gasteiger charge is -2.15. The number of guanidine groups is 1. The first kappa shape index (κ1) is 18.5. The molecule has 2 aromatic rings. The Morgan fingerprint density at radius 2 is 2.35 bits per heavy atom. The van der Waals surface area contributed by atoms with E-state index in [1.807, 2.05) is 30.1 Å². The Morgan fingerprint density at radius 1 is 1.42 bits per heavy atom. The van der Waals surface area contributed by atoms with Gasteiger partial charge in [0.05, 0.1) is 24.6 Å². The predicted octanol–water partition coefficient (Wildman–Crippen LogP) is 2.03. The molecule has 1 fully saturated rings. The second kappa shape index (κ2) is 9.43. The third kappa shape index (κ3) is 5.36. The van der Waals surface area contributed by atoms with Crippen LogP contribution in [0.5, 0.6) is 0 Å². The van der Waals surface area contributed by atoms with Gasteiger partial charge >= 0.3 is 0 Å². The molecule has 142 valence electrons. The van der Waals surface area contributed by atoms with Gasteiger partial charge in [-0.25, -0.2) is 4.99 Å². The van der Waals surface area contributed by atoms with E-state index in [0.717, 1.165) is 62.8 Å². The minimum absolute atomic E-state index is 0.275. The average molecular weight is 359 g/mol. The van der Waals surface area contributed by atoms with Crippen LogP contribution in [-0.4, -0.2) is 41.5 Å². The fourth-order valence-electron chi connectivity index (χ4n) is 3.13. The van der Waals surface area contributed by atoms with Gasteiger partial charge in [0.1, 0.15) is 5.76 Å². The Labute approximate surface area is 154 Å². The first-order chi connectivity index (χ1) is 12.7. The summed E-state index contributed by atoms with van der Waals surface area (Å²) in [4.78, 5) is 4.75. The molecule has 0 spiro atoms. The lowest BCUT2D eigenvalue weighted by molar-refractivity contribution is 0.114. The summed E-state index contributed by atoms with van der Waals surface area (Å²) in [6.07, 6.45) is 8.00. The second-order valence-electron chi connectivity index (χ2n) is 6.57. The third-order valence-corrected chi connectivity index (χ3v) is 4.50. The van der Waals surface area contributed by atoms with Crippen LogP contribution in [0.2, 0.25) is 0 Å². The van der Waals surface area contributed by atoms with Crippen LogP contribution in [0.3, 0.4) is 0 Å². The number of rotatable bonds is 8. The summed E-state index contributed by atoms with van der Waals surface area (Å²) in [5, 5.41) is 11.3. The fourth-order valence-corrected chi connectivity index (χ4v) is 3.13. The largest absolute Gasteiger partial charge is 0.469 e. The number of aryl methyl sites for hydroxylation is 2. The summed E-state index contributed by atoms with van der Waals surface area (Å²) in [6.45, 7) is 5.13. The molecule has 3 heterocycles. The van der Waals surface area contributed by atoms with Gasteiger partial charge in [0.2, 0.25) is 0 Å². The molecule has 1 aliphatic rings. The van der Waals surface area contributed by atoms with Crippen LogP contribution in [0.15, 0.2) is 34.0 Å². The molecule has 7 heteroatoms. The van der Waals surface area contributed by atoms with Crippen molar-refractivity contribution in [2.24, 2.45) is 12.0 Å². The van der Waals surface area contributed by atoms with Crippen molar-refractivity contribution in [3.63, 3.8) is 0 Å². The molecule has 26 heavy (non-hydrogen) atoms. The molecular formula is C19H29N5O2. The van der Waals surface area contributed by atoms with Crippen LogP contribution in [0.4, 0.5) is 0 Å². The Hall–Kier alpha value is -2.28. The number of aromatic nitrogens is 2. The normalized spacial score (nSPS) is 17.6. The molecule has 0 radical (unpaired) electrons. The summed E-state index contributed by atoms with van der Waals surface area (Å²) >= 11 is 0. The van der Waals surface area contributed by atoms with E-state index in [1.54, 1.807) is 6.26 Å². The van der Waals surface area contributed by atoms with Crippen molar-refractivity contribution in [3.8, 4) is 0 Å². The maximum absolute atomic E-state index is 5.70. The Morgan fingerprint density at radius 3 is 3.08 bits per heavy atom. The molecule has 7 nitrogen and oxygen atoms in total. The summed E-state index contributed by atoms with van der Waals surface area (Å²) in [5.41, 5.74) is 2.27. The molecule has 0 aromatic carbocycles. The molecule has 1 saturated heterocycles. The van der Waals surface area contributed by atoms with E-state index in [1.165, 1.54) is 5.56 Å². The second-order valence-corrected chi connectivity index (χ2v) is 6.57. The molecule has 1 aliphatic heterocycles. The van der Waals surface area contributed by atoms with Gasteiger partial charge in [0.25, 0.3) is 0 Å². The molecule has 1 unspecified atom stereocenters. The van der Waals surface area contributed by atoms with Gasteiger partial charge in [-0.05, 0) is 31.4 Å². The Kier molecular flexibility index (Phi) is 6.71. The monoisotopic (exact) mass is 359 g/mol. The van der Waals surface area contributed by atoms with Gasteiger partial charge in [-0.1, -0.05) is 6.92 Å². The number of nitrogens with one attached hydrogen (secondary N) is 2. The number of hydrogen-bond acceptors (Lipinski definition) is 4. The Balaban J connectivity index is 1.58. The number of furan rings is 1. The average Bonchev–Trinajstić information content (AvgIpc) is 3.38. The summed E-state index contributed by atoms with van der Waals surface area (Å²) in [5.74, 6) is 1.77. The number of nitrogens with zero attached hydrogens (tertiary/aromatic N) is 3. The molecule has 2 aromatic heterocycles. The maximum atomic E-state index is 5.70. The van der Waals surface area contributed by atoms with Crippen molar-refractivity contribution in [1.29, 1.82) is 0 Å². The van der Waals surface area contributed by atoms with Gasteiger partial charge in [-0.3, -0.25) is 4.68 Å². The number of ether oxygens (including phenoxy) is 1. The van der Waals surface area contributed by atoms with Gasteiger partial charge in [0, 0.05) is 44.9 Å². The van der Waals surface area contributed by atoms with Crippen LogP contribution in [0.1, 0.15) is 36.8 Å². The van der Waals surface area contributed by atoms with Crippen LogP contribution in [0, 0.1) is 0 Å². The highest BCUT2D eigenvalue weighted by Gasteiger charge is 2.15. The SMILES string of the molecule is CCc1nn(C)cc1CN=C(NCCc1ccco1)NCC1CCCO1. The summed E-state index contributed by atoms with van der Waals surface area (Å²) in [7, 11) is 1.95. The highest BCUT2D eigenvalue weighted by Crippen LogP contribution is 2.11. The van der Waals surface area contributed by atoms with Crippen molar-refractivity contribution >= 4 is 5.96 Å². The van der Waals surface area contributed by atoms with Crippen molar-refractivity contribution < 1.29 is 9.15 Å². The van der Waals surface area contributed by atoms with Crippen LogP contribution in [0.25, 0.3) is 0 Å². The summed E-state index contributed by atoms with van der Waals surface area (Å²) < 4.78 is 12.9. The van der Waals surface area contributed by atoms with Crippen molar-refractivity contribution in [3.05, 3.63) is 41.6 Å². The molecule has 2 N–H and O–H groups in total. The van der Waals surface area contributed by atoms with Gasteiger partial charge in [0.15, 0.2) is 5.96 Å². The topological polar surface area (TPSA) is 76.6 Å². The van der Waals surface area contributed by atoms with Crippen molar-refractivity contribution in [2.75, 3.05) is 19.7 Å². The zero-order chi connectivity index (χ0) is 18.2. The van der Waals surface area contributed by atoms with Crippen LogP contribution < -0.4 is 10.6 Å². The fraction of sp³-hybridized carbons (Fsp3) is 0.579. The van der Waals surface area contributed by atoms with Crippen LogP contribution >= 0.6 is 0 Å². The Bertz CT molecular complexity index is 687. The van der Waals surface area contributed by atoms with Crippen molar-refractivity contribution in [1.82, 2.24) is 20.4 Å². The zero-order valence-electron chi connectivity index (χ0n) is 15.7. The van der Waals surface area contributed by atoms with E-state index in [9.17, 15) is 0 Å². The maximum Gasteiger partial charge on any atom is 0.191 e. The number of aliphatic imine (C=N–C) groups is 1. The third-order valence-electron chi connectivity index (χ3n) is 4.50. The highest BCUT2D eigenvalue weighted by atomic mass is 16.5. The summed E-state index contributed by atoms with van der Waals surface area (Å²) in [6, 6.07) is 3.90. The van der Waals surface area contributed by atoms with E-state index in [-0.39, 0.29) is 6.10 Å². The lowest BCUT2D eigenvalue weighted by atomic mass is 10.2. The van der Waals surface area contributed by atoms with Gasteiger partial charge < -0.3 is 19.8 Å². The van der Waals surface area contributed by atoms with E-state index >= 15 is 0 Å². The molecule has 1 atom stereocenters.